The van der Waals surface area contributed by atoms with E-state index in [9.17, 15) is 19.8 Å². The smallest absolute Gasteiger partial charge is 0.331 e. The highest BCUT2D eigenvalue weighted by molar-refractivity contribution is 6.13. The first-order valence-corrected chi connectivity index (χ1v) is 10.8. The van der Waals surface area contributed by atoms with Crippen LogP contribution in [-0.2, 0) is 9.53 Å². The molecular formula is C27H32O5. The summed E-state index contributed by atoms with van der Waals surface area (Å²) < 4.78 is 5.31. The molecular weight excluding hydrogens is 404 g/mol. The van der Waals surface area contributed by atoms with Crippen LogP contribution in [-0.4, -0.2) is 28.6 Å². The van der Waals surface area contributed by atoms with Gasteiger partial charge in [-0.05, 0) is 56.7 Å². The lowest BCUT2D eigenvalue weighted by molar-refractivity contribution is -0.138. The lowest BCUT2D eigenvalue weighted by Gasteiger charge is -2.12. The van der Waals surface area contributed by atoms with Crippen LogP contribution in [0.1, 0.15) is 67.9 Å². The van der Waals surface area contributed by atoms with Crippen molar-refractivity contribution in [3.63, 3.8) is 0 Å². The van der Waals surface area contributed by atoms with E-state index < -0.39 is 11.8 Å². The van der Waals surface area contributed by atoms with Gasteiger partial charge in [0.1, 0.15) is 17.1 Å². The van der Waals surface area contributed by atoms with Gasteiger partial charge in [0.05, 0.1) is 6.61 Å². The van der Waals surface area contributed by atoms with Crippen LogP contribution in [0.3, 0.4) is 0 Å². The summed E-state index contributed by atoms with van der Waals surface area (Å²) in [7, 11) is 0. The Morgan fingerprint density at radius 1 is 1.06 bits per heavy atom. The van der Waals surface area contributed by atoms with E-state index >= 15 is 0 Å². The Morgan fingerprint density at radius 3 is 2.41 bits per heavy atom. The number of aromatic hydroxyl groups is 2. The fourth-order valence-corrected chi connectivity index (χ4v) is 3.41. The lowest BCUT2D eigenvalue weighted by Crippen LogP contribution is -2.07. The molecule has 0 amide bonds. The fraction of sp³-hybridized carbons (Fsp3) is 0.333. The first-order valence-electron chi connectivity index (χ1n) is 10.8. The topological polar surface area (TPSA) is 83.8 Å². The minimum absolute atomic E-state index is 0.196. The molecule has 2 aromatic rings. The van der Waals surface area contributed by atoms with Gasteiger partial charge < -0.3 is 14.9 Å². The molecule has 0 aliphatic carbocycles. The fourth-order valence-electron chi connectivity index (χ4n) is 3.41. The van der Waals surface area contributed by atoms with Gasteiger partial charge in [0, 0.05) is 17.2 Å². The van der Waals surface area contributed by atoms with E-state index in [2.05, 4.69) is 13.5 Å². The van der Waals surface area contributed by atoms with Crippen molar-refractivity contribution in [2.75, 3.05) is 6.61 Å². The van der Waals surface area contributed by atoms with Crippen molar-refractivity contribution in [1.82, 2.24) is 0 Å². The molecule has 0 saturated carbocycles. The van der Waals surface area contributed by atoms with Crippen LogP contribution in [0.4, 0.5) is 0 Å². The molecule has 0 radical (unpaired) electrons. The van der Waals surface area contributed by atoms with E-state index in [-0.39, 0.29) is 22.6 Å². The number of benzene rings is 2. The number of phenolic OH excluding ortho intramolecular Hbond substituents is 2. The molecule has 1 atom stereocenters. The van der Waals surface area contributed by atoms with Gasteiger partial charge in [-0.3, -0.25) is 4.79 Å². The number of esters is 1. The largest absolute Gasteiger partial charge is 0.507 e. The highest BCUT2D eigenvalue weighted by Crippen LogP contribution is 2.36. The third-order valence-electron chi connectivity index (χ3n) is 5.33. The molecule has 0 aliphatic rings. The molecule has 0 fully saturated rings. The molecule has 2 N–H and O–H groups in total. The Kier molecular flexibility index (Phi) is 9.26. The van der Waals surface area contributed by atoms with Gasteiger partial charge in [-0.15, -0.1) is 6.58 Å². The van der Waals surface area contributed by atoms with Crippen LogP contribution in [0, 0.1) is 5.92 Å². The predicted molar refractivity (Wildman–Crippen MR) is 127 cm³/mol. The van der Waals surface area contributed by atoms with E-state index in [0.29, 0.717) is 23.7 Å². The highest BCUT2D eigenvalue weighted by Gasteiger charge is 2.21. The number of rotatable bonds is 11. The van der Waals surface area contributed by atoms with Crippen LogP contribution in [0.15, 0.2) is 60.7 Å². The number of ketones is 1. The van der Waals surface area contributed by atoms with Crippen LogP contribution in [0.2, 0.25) is 0 Å². The molecule has 170 valence electrons. The van der Waals surface area contributed by atoms with Crippen LogP contribution >= 0.6 is 0 Å². The van der Waals surface area contributed by atoms with Crippen molar-refractivity contribution in [3.8, 4) is 11.5 Å². The first kappa shape index (κ1) is 24.9. The van der Waals surface area contributed by atoms with Crippen molar-refractivity contribution < 1.29 is 24.5 Å². The Morgan fingerprint density at radius 2 is 1.75 bits per heavy atom. The number of allylic oxidation sites excluding steroid dienone is 2. The maximum absolute atomic E-state index is 12.8. The van der Waals surface area contributed by atoms with Crippen LogP contribution < -0.4 is 0 Å². The number of phenols is 2. The van der Waals surface area contributed by atoms with Gasteiger partial charge in [-0.25, -0.2) is 4.79 Å². The molecule has 0 saturated heterocycles. The van der Waals surface area contributed by atoms with Crippen molar-refractivity contribution >= 4 is 17.3 Å². The minimum Gasteiger partial charge on any atom is -0.507 e. The van der Waals surface area contributed by atoms with E-state index in [1.807, 2.05) is 6.92 Å². The first-order chi connectivity index (χ1) is 15.2. The zero-order chi connectivity index (χ0) is 23.7. The molecule has 0 spiro atoms. The maximum Gasteiger partial charge on any atom is 0.331 e. The van der Waals surface area contributed by atoms with Gasteiger partial charge in [0.2, 0.25) is 5.78 Å². The predicted octanol–water partition coefficient (Wildman–Crippen LogP) is 6.05. The third kappa shape index (κ3) is 7.12. The highest BCUT2D eigenvalue weighted by atomic mass is 16.5. The third-order valence-corrected chi connectivity index (χ3v) is 5.33. The molecule has 2 rings (SSSR count). The quantitative estimate of drug-likeness (QED) is 0.194. The molecule has 2 aromatic carbocycles. The summed E-state index contributed by atoms with van der Waals surface area (Å²) in [5.41, 5.74) is 2.04. The van der Waals surface area contributed by atoms with Gasteiger partial charge in [-0.2, -0.15) is 0 Å². The van der Waals surface area contributed by atoms with Crippen molar-refractivity contribution in [3.05, 3.63) is 77.4 Å². The molecule has 0 aliphatic heterocycles. The lowest BCUT2D eigenvalue weighted by atomic mass is 9.96. The van der Waals surface area contributed by atoms with E-state index in [1.165, 1.54) is 23.8 Å². The molecule has 0 heterocycles. The van der Waals surface area contributed by atoms with Crippen molar-refractivity contribution in [2.24, 2.45) is 5.92 Å². The number of carbonyl (C=O) groups excluding carboxylic acids is 2. The maximum atomic E-state index is 12.8. The summed E-state index contributed by atoms with van der Waals surface area (Å²) in [6.07, 6.45) is 5.20. The van der Waals surface area contributed by atoms with E-state index in [0.717, 1.165) is 25.7 Å². The minimum atomic E-state index is -0.514. The Balaban J connectivity index is 2.04. The monoisotopic (exact) mass is 436 g/mol. The molecule has 5 heteroatoms. The van der Waals surface area contributed by atoms with Gasteiger partial charge in [0.15, 0.2) is 0 Å². The second-order valence-corrected chi connectivity index (χ2v) is 8.29. The Hall–Kier alpha value is -3.34. The van der Waals surface area contributed by atoms with E-state index in [1.54, 1.807) is 37.3 Å². The van der Waals surface area contributed by atoms with Gasteiger partial charge in [-0.1, -0.05) is 49.2 Å². The second-order valence-electron chi connectivity index (χ2n) is 8.29. The molecule has 0 bridgehead atoms. The number of hydrogen-bond donors (Lipinski definition) is 2. The summed E-state index contributed by atoms with van der Waals surface area (Å²) >= 11 is 0. The zero-order valence-electron chi connectivity index (χ0n) is 19.1. The van der Waals surface area contributed by atoms with Crippen molar-refractivity contribution in [2.45, 2.75) is 46.5 Å². The molecule has 1 unspecified atom stereocenters. The van der Waals surface area contributed by atoms with Crippen LogP contribution in [0.25, 0.3) is 5.57 Å². The number of hydrogen-bond acceptors (Lipinski definition) is 5. The second kappa shape index (κ2) is 11.9. The average Bonchev–Trinajstić information content (AvgIpc) is 2.74. The van der Waals surface area contributed by atoms with Crippen molar-refractivity contribution in [1.29, 1.82) is 0 Å². The normalized spacial score (nSPS) is 12.3. The Bertz CT molecular complexity index is 989. The summed E-state index contributed by atoms with van der Waals surface area (Å²) in [6, 6.07) is 11.2. The molecule has 0 aromatic heterocycles. The summed E-state index contributed by atoms with van der Waals surface area (Å²) in [6.45, 7) is 10.0. The standard InChI is InChI=1S/C27H32O5/c1-18(2)9-8-10-19(3)15-16-32-24(29)17-20(4)22-13-14-23(28)25(27(22)31)26(30)21-11-6-5-7-12-21/h5-7,11-14,17,19,28,31H,1,8-10,15-16H2,2-4H3/b20-17-. The summed E-state index contributed by atoms with van der Waals surface area (Å²) in [5.74, 6) is -1.26. The molecule has 32 heavy (non-hydrogen) atoms. The van der Waals surface area contributed by atoms with Crippen LogP contribution in [0.5, 0.6) is 11.5 Å². The number of carbonyl (C=O) groups is 2. The van der Waals surface area contributed by atoms with E-state index in [4.69, 9.17) is 4.74 Å². The number of ether oxygens (including phenoxy) is 1. The summed E-state index contributed by atoms with van der Waals surface area (Å²) in [5, 5.41) is 20.8. The Labute approximate surface area is 190 Å². The summed E-state index contributed by atoms with van der Waals surface area (Å²) in [4.78, 5) is 25.0. The van der Waals surface area contributed by atoms with Gasteiger partial charge in [0.25, 0.3) is 0 Å². The average molecular weight is 437 g/mol. The molecule has 5 nitrogen and oxygen atoms in total. The SMILES string of the molecule is C=C(C)CCCC(C)CCOC(=O)/C=C(/C)c1ccc(O)c(C(=O)c2ccccc2)c1O. The zero-order valence-corrected chi connectivity index (χ0v) is 19.1. The van der Waals surface area contributed by atoms with Gasteiger partial charge >= 0.3 is 5.97 Å².